The Balaban J connectivity index is 1.75. The third kappa shape index (κ3) is 4.57. The van der Waals surface area contributed by atoms with Crippen molar-refractivity contribution in [1.29, 1.82) is 0 Å². The van der Waals surface area contributed by atoms with Crippen molar-refractivity contribution in [3.8, 4) is 0 Å². The lowest BCUT2D eigenvalue weighted by Gasteiger charge is -2.19. The van der Waals surface area contributed by atoms with Gasteiger partial charge in [-0.2, -0.15) is 0 Å². The minimum atomic E-state index is 0.463. The van der Waals surface area contributed by atoms with Crippen LogP contribution in [0, 0.1) is 0 Å². The van der Waals surface area contributed by atoms with E-state index in [0.29, 0.717) is 5.92 Å². The summed E-state index contributed by atoms with van der Waals surface area (Å²) in [5.74, 6) is 0.463. The first kappa shape index (κ1) is 15.1. The lowest BCUT2D eigenvalue weighted by atomic mass is 9.92. The second kappa shape index (κ2) is 6.95. The Labute approximate surface area is 139 Å². The van der Waals surface area contributed by atoms with Gasteiger partial charge in [0.25, 0.3) is 0 Å². The molecule has 1 N–H and O–H groups in total. The topological polar surface area (TPSA) is 12.0 Å². The molecule has 0 saturated heterocycles. The normalized spacial score (nSPS) is 15.9. The fraction of sp³-hybridized carbons (Fsp3) is 0.333. The Morgan fingerprint density at radius 2 is 1.90 bits per heavy atom. The summed E-state index contributed by atoms with van der Waals surface area (Å²) < 4.78 is 1.13. The van der Waals surface area contributed by atoms with Crippen molar-refractivity contribution in [3.63, 3.8) is 0 Å². The maximum Gasteiger partial charge on any atom is 0.0408 e. The molecule has 1 aliphatic carbocycles. The molecular weight excluding hydrogens is 346 g/mol. The number of nitrogens with one attached hydrogen (secondary N) is 1. The van der Waals surface area contributed by atoms with E-state index in [0.717, 1.165) is 28.5 Å². The van der Waals surface area contributed by atoms with Crippen molar-refractivity contribution >= 4 is 27.5 Å². The van der Waals surface area contributed by atoms with Crippen molar-refractivity contribution in [2.75, 3.05) is 6.54 Å². The van der Waals surface area contributed by atoms with Crippen LogP contribution in [0.25, 0.3) is 0 Å². The molecule has 1 nitrogen and oxygen atoms in total. The smallest absolute Gasteiger partial charge is 0.0408 e. The van der Waals surface area contributed by atoms with Crippen LogP contribution in [0.4, 0.5) is 0 Å². The maximum atomic E-state index is 6.16. The summed E-state index contributed by atoms with van der Waals surface area (Å²) >= 11 is 9.66. The Morgan fingerprint density at radius 3 is 2.57 bits per heavy atom. The molecule has 0 heterocycles. The Bertz CT molecular complexity index is 592. The Hall–Kier alpha value is -0.830. The predicted molar refractivity (Wildman–Crippen MR) is 93.1 cm³/mol. The van der Waals surface area contributed by atoms with Gasteiger partial charge in [0.1, 0.15) is 0 Å². The average molecular weight is 365 g/mol. The quantitative estimate of drug-likeness (QED) is 0.744. The van der Waals surface area contributed by atoms with Crippen LogP contribution >= 0.6 is 27.5 Å². The fourth-order valence-corrected chi connectivity index (χ4v) is 3.03. The molecular formula is C18H19BrClN. The lowest BCUT2D eigenvalue weighted by molar-refractivity contribution is 0.577. The highest BCUT2D eigenvalue weighted by atomic mass is 79.9. The van der Waals surface area contributed by atoms with E-state index in [9.17, 15) is 0 Å². The lowest BCUT2D eigenvalue weighted by Crippen LogP contribution is -2.24. The third-order valence-corrected chi connectivity index (χ3v) is 4.71. The van der Waals surface area contributed by atoms with E-state index in [2.05, 4.69) is 57.6 Å². The van der Waals surface area contributed by atoms with Crippen LogP contribution in [0.2, 0.25) is 5.02 Å². The van der Waals surface area contributed by atoms with Gasteiger partial charge >= 0.3 is 0 Å². The van der Waals surface area contributed by atoms with Gasteiger partial charge in [0.05, 0.1) is 0 Å². The van der Waals surface area contributed by atoms with Gasteiger partial charge in [-0.3, -0.25) is 0 Å². The zero-order chi connectivity index (χ0) is 14.7. The first-order valence-corrected chi connectivity index (χ1v) is 8.61. The van der Waals surface area contributed by atoms with Crippen LogP contribution in [0.15, 0.2) is 53.0 Å². The maximum absolute atomic E-state index is 6.16. The molecule has 1 fully saturated rings. The summed E-state index contributed by atoms with van der Waals surface area (Å²) in [5.41, 5.74) is 2.68. The van der Waals surface area contributed by atoms with Crippen LogP contribution in [-0.2, 0) is 6.42 Å². The average Bonchev–Trinajstić information content (AvgIpc) is 3.30. The van der Waals surface area contributed by atoms with Crippen molar-refractivity contribution in [2.45, 2.75) is 31.2 Å². The highest BCUT2D eigenvalue weighted by Crippen LogP contribution is 2.26. The Morgan fingerprint density at radius 1 is 1.14 bits per heavy atom. The summed E-state index contributed by atoms with van der Waals surface area (Å²) in [6, 6.07) is 17.6. The molecule has 1 atom stereocenters. The molecule has 1 unspecified atom stereocenters. The van der Waals surface area contributed by atoms with Crippen LogP contribution < -0.4 is 5.32 Å². The first-order valence-electron chi connectivity index (χ1n) is 7.44. The van der Waals surface area contributed by atoms with Crippen molar-refractivity contribution < 1.29 is 0 Å². The molecule has 0 spiro atoms. The van der Waals surface area contributed by atoms with Gasteiger partial charge in [0.2, 0.25) is 0 Å². The molecule has 1 saturated carbocycles. The van der Waals surface area contributed by atoms with Crippen molar-refractivity contribution in [2.24, 2.45) is 0 Å². The van der Waals surface area contributed by atoms with Crippen LogP contribution in [-0.4, -0.2) is 12.6 Å². The number of hydrogen-bond acceptors (Lipinski definition) is 1. The highest BCUT2D eigenvalue weighted by Gasteiger charge is 2.22. The van der Waals surface area contributed by atoms with E-state index in [1.165, 1.54) is 24.0 Å². The molecule has 0 amide bonds. The van der Waals surface area contributed by atoms with Gasteiger partial charge in [-0.25, -0.2) is 0 Å². The van der Waals surface area contributed by atoms with Crippen LogP contribution in [0.3, 0.4) is 0 Å². The zero-order valence-electron chi connectivity index (χ0n) is 11.9. The van der Waals surface area contributed by atoms with Gasteiger partial charge in [0, 0.05) is 28.0 Å². The summed E-state index contributed by atoms with van der Waals surface area (Å²) in [7, 11) is 0. The van der Waals surface area contributed by atoms with Gasteiger partial charge < -0.3 is 5.32 Å². The highest BCUT2D eigenvalue weighted by molar-refractivity contribution is 9.10. The summed E-state index contributed by atoms with van der Waals surface area (Å²) in [5, 5.41) is 4.47. The van der Waals surface area contributed by atoms with Crippen LogP contribution in [0.5, 0.6) is 0 Å². The molecule has 0 radical (unpaired) electrons. The molecule has 21 heavy (non-hydrogen) atoms. The minimum absolute atomic E-state index is 0.463. The largest absolute Gasteiger partial charge is 0.313 e. The van der Waals surface area contributed by atoms with E-state index in [1.54, 1.807) is 0 Å². The van der Waals surface area contributed by atoms with E-state index >= 15 is 0 Å². The number of halogens is 2. The third-order valence-electron chi connectivity index (χ3n) is 3.95. The molecule has 0 aliphatic heterocycles. The molecule has 2 aromatic rings. The number of hydrogen-bond donors (Lipinski definition) is 1. The second-order valence-electron chi connectivity index (χ2n) is 5.77. The molecule has 3 rings (SSSR count). The van der Waals surface area contributed by atoms with E-state index < -0.39 is 0 Å². The predicted octanol–water partition coefficient (Wildman–Crippen LogP) is 5.18. The second-order valence-corrected chi connectivity index (χ2v) is 7.12. The fourth-order valence-electron chi connectivity index (χ4n) is 2.57. The van der Waals surface area contributed by atoms with Gasteiger partial charge in [0.15, 0.2) is 0 Å². The van der Waals surface area contributed by atoms with Crippen molar-refractivity contribution in [1.82, 2.24) is 5.32 Å². The number of benzene rings is 2. The molecule has 0 bridgehead atoms. The summed E-state index contributed by atoms with van der Waals surface area (Å²) in [4.78, 5) is 0. The molecule has 110 valence electrons. The summed E-state index contributed by atoms with van der Waals surface area (Å²) in [6.45, 7) is 1.01. The first-order chi connectivity index (χ1) is 10.2. The van der Waals surface area contributed by atoms with Crippen LogP contribution in [0.1, 0.15) is 29.9 Å². The van der Waals surface area contributed by atoms with E-state index in [-0.39, 0.29) is 0 Å². The van der Waals surface area contributed by atoms with Crippen molar-refractivity contribution in [3.05, 3.63) is 69.2 Å². The van der Waals surface area contributed by atoms with E-state index in [4.69, 9.17) is 11.6 Å². The molecule has 2 aromatic carbocycles. The van der Waals surface area contributed by atoms with Gasteiger partial charge in [-0.15, -0.1) is 0 Å². The zero-order valence-corrected chi connectivity index (χ0v) is 14.2. The minimum Gasteiger partial charge on any atom is -0.313 e. The standard InChI is InChI=1S/C18H19BrClN/c19-16-6-4-13(5-7-16)10-15(12-21-18-8-9-18)14-2-1-3-17(20)11-14/h1-7,11,15,18,21H,8-10,12H2. The number of rotatable bonds is 6. The SMILES string of the molecule is Clc1cccc(C(CNC2CC2)Cc2ccc(Br)cc2)c1. The van der Waals surface area contributed by atoms with Gasteiger partial charge in [-0.05, 0) is 54.7 Å². The molecule has 0 aromatic heterocycles. The monoisotopic (exact) mass is 363 g/mol. The molecule has 1 aliphatic rings. The summed E-state index contributed by atoms with van der Waals surface area (Å²) in [6.07, 6.45) is 3.68. The molecule has 3 heteroatoms. The van der Waals surface area contributed by atoms with Gasteiger partial charge in [-0.1, -0.05) is 51.8 Å². The Kier molecular flexibility index (Phi) is 4.99. The van der Waals surface area contributed by atoms with E-state index in [1.807, 2.05) is 12.1 Å².